The standard InChI is InChI=1S/C27H23Cl4F3N6O/c1-39-22-10-21(40-8-2-3-15(13-40)27(32,33)34)18(29)9-20(22)37-26(39)38-24-17(28)5-4-14(23(24)31)11-36-25(41)16-6-7-35-12-19(16)30/h4-7,9-10,12,15H,2-3,8,11,13H2,1H3,(H,36,41)(H,37,38). The molecule has 0 aliphatic carbocycles. The first-order valence-electron chi connectivity index (χ1n) is 12.5. The number of anilines is 3. The van der Waals surface area contributed by atoms with Gasteiger partial charge in [-0.2, -0.15) is 13.2 Å². The molecule has 5 rings (SSSR count). The number of pyridine rings is 1. The third-order valence-corrected chi connectivity index (χ3v) is 8.39. The Bertz CT molecular complexity index is 1630. The number of aryl methyl sites for hydroxylation is 1. The quantitative estimate of drug-likeness (QED) is 0.222. The summed E-state index contributed by atoms with van der Waals surface area (Å²) in [6, 6.07) is 8.22. The van der Waals surface area contributed by atoms with Crippen molar-refractivity contribution in [1.82, 2.24) is 19.9 Å². The van der Waals surface area contributed by atoms with Gasteiger partial charge in [-0.1, -0.05) is 52.5 Å². The lowest BCUT2D eigenvalue weighted by molar-refractivity contribution is -0.175. The lowest BCUT2D eigenvalue weighted by Gasteiger charge is -2.35. The molecular formula is C27H23Cl4F3N6O. The van der Waals surface area contributed by atoms with Crippen molar-refractivity contribution in [1.29, 1.82) is 0 Å². The molecule has 14 heteroatoms. The van der Waals surface area contributed by atoms with Crippen LogP contribution in [0.5, 0.6) is 0 Å². The van der Waals surface area contributed by atoms with Crippen LogP contribution in [0.1, 0.15) is 28.8 Å². The smallest absolute Gasteiger partial charge is 0.370 e. The Hall–Kier alpha value is -2.92. The van der Waals surface area contributed by atoms with Crippen LogP contribution in [0.2, 0.25) is 20.1 Å². The fourth-order valence-corrected chi connectivity index (χ4v) is 5.82. The first-order chi connectivity index (χ1) is 19.4. The van der Waals surface area contributed by atoms with Crippen molar-refractivity contribution in [3.05, 3.63) is 73.9 Å². The number of nitrogens with one attached hydrogen (secondary N) is 2. The molecule has 0 spiro atoms. The molecule has 2 N–H and O–H groups in total. The van der Waals surface area contributed by atoms with Crippen molar-refractivity contribution < 1.29 is 18.0 Å². The van der Waals surface area contributed by atoms with Crippen LogP contribution in [0.3, 0.4) is 0 Å². The number of amides is 1. The van der Waals surface area contributed by atoms with Crippen LogP contribution >= 0.6 is 46.4 Å². The number of benzene rings is 2. The van der Waals surface area contributed by atoms with Crippen LogP contribution in [-0.2, 0) is 13.6 Å². The number of fused-ring (bicyclic) bond motifs is 1. The van der Waals surface area contributed by atoms with Crippen LogP contribution < -0.4 is 15.5 Å². The molecular weight excluding hydrogens is 623 g/mol. The van der Waals surface area contributed by atoms with Gasteiger partial charge < -0.3 is 20.1 Å². The number of hydrogen-bond acceptors (Lipinski definition) is 5. The van der Waals surface area contributed by atoms with Gasteiger partial charge in [-0.25, -0.2) is 4.98 Å². The summed E-state index contributed by atoms with van der Waals surface area (Å²) in [5.74, 6) is -1.42. The molecule has 0 radical (unpaired) electrons. The summed E-state index contributed by atoms with van der Waals surface area (Å²) < 4.78 is 41.9. The maximum Gasteiger partial charge on any atom is 0.393 e. The molecule has 3 heterocycles. The maximum absolute atomic E-state index is 13.4. The van der Waals surface area contributed by atoms with E-state index < -0.39 is 18.0 Å². The van der Waals surface area contributed by atoms with E-state index >= 15 is 0 Å². The predicted molar refractivity (Wildman–Crippen MR) is 157 cm³/mol. The topological polar surface area (TPSA) is 75.1 Å². The minimum absolute atomic E-state index is 0.0957. The fourth-order valence-electron chi connectivity index (χ4n) is 4.81. The number of rotatable bonds is 6. The molecule has 1 amide bonds. The number of alkyl halides is 3. The summed E-state index contributed by atoms with van der Waals surface area (Å²) in [5.41, 5.74) is 2.96. The number of imidazole rings is 1. The van der Waals surface area contributed by atoms with E-state index in [1.807, 2.05) is 0 Å². The van der Waals surface area contributed by atoms with Crippen molar-refractivity contribution in [3.8, 4) is 0 Å². The molecule has 216 valence electrons. The minimum Gasteiger partial charge on any atom is -0.370 e. The molecule has 0 saturated carbocycles. The van der Waals surface area contributed by atoms with Crippen molar-refractivity contribution in [2.45, 2.75) is 25.6 Å². The highest BCUT2D eigenvalue weighted by molar-refractivity contribution is 6.40. The summed E-state index contributed by atoms with van der Waals surface area (Å²) in [6.07, 6.45) is -0.897. The summed E-state index contributed by atoms with van der Waals surface area (Å²) in [5, 5.41) is 7.06. The van der Waals surface area contributed by atoms with Gasteiger partial charge in [-0.3, -0.25) is 9.78 Å². The number of hydrogen-bond donors (Lipinski definition) is 2. The number of nitrogens with zero attached hydrogens (tertiary/aromatic N) is 4. The predicted octanol–water partition coefficient (Wildman–Crippen LogP) is 8.03. The Morgan fingerprint density at radius 3 is 2.61 bits per heavy atom. The van der Waals surface area contributed by atoms with Crippen molar-refractivity contribution >= 4 is 80.7 Å². The molecule has 1 aliphatic heterocycles. The highest BCUT2D eigenvalue weighted by atomic mass is 35.5. The zero-order chi connectivity index (χ0) is 29.5. The molecule has 1 atom stereocenters. The van der Waals surface area contributed by atoms with E-state index in [4.69, 9.17) is 46.4 Å². The number of carbonyl (C=O) groups is 1. The molecule has 1 aliphatic rings. The highest BCUT2D eigenvalue weighted by Crippen LogP contribution is 2.40. The van der Waals surface area contributed by atoms with Gasteiger partial charge in [0.15, 0.2) is 0 Å². The zero-order valence-corrected chi connectivity index (χ0v) is 24.5. The summed E-state index contributed by atoms with van der Waals surface area (Å²) >= 11 is 25.7. The molecule has 0 bridgehead atoms. The van der Waals surface area contributed by atoms with Crippen LogP contribution in [0.15, 0.2) is 42.7 Å². The first kappa shape index (κ1) is 29.6. The Kier molecular flexibility index (Phi) is 8.48. The first-order valence-corrected chi connectivity index (χ1v) is 14.0. The average molecular weight is 646 g/mol. The maximum atomic E-state index is 13.4. The molecule has 2 aromatic heterocycles. The van der Waals surface area contributed by atoms with Gasteiger partial charge in [0.05, 0.1) is 54.0 Å². The van der Waals surface area contributed by atoms with Crippen LogP contribution in [0.25, 0.3) is 11.0 Å². The number of piperidine rings is 1. The van der Waals surface area contributed by atoms with Crippen molar-refractivity contribution in [3.63, 3.8) is 0 Å². The van der Waals surface area contributed by atoms with Gasteiger partial charge in [0.1, 0.15) is 0 Å². The molecule has 2 aromatic carbocycles. The number of carbonyl (C=O) groups excluding carboxylic acids is 1. The van der Waals surface area contributed by atoms with Crippen LogP contribution in [0.4, 0.5) is 30.5 Å². The third kappa shape index (κ3) is 6.16. The van der Waals surface area contributed by atoms with E-state index in [0.717, 1.165) is 0 Å². The van der Waals surface area contributed by atoms with E-state index in [2.05, 4.69) is 20.6 Å². The lowest BCUT2D eigenvalue weighted by Crippen LogP contribution is -2.41. The van der Waals surface area contributed by atoms with Gasteiger partial charge in [0, 0.05) is 39.1 Å². The van der Waals surface area contributed by atoms with E-state index in [1.165, 1.54) is 18.5 Å². The largest absolute Gasteiger partial charge is 0.393 e. The Morgan fingerprint density at radius 2 is 1.88 bits per heavy atom. The second-order valence-electron chi connectivity index (χ2n) is 9.67. The van der Waals surface area contributed by atoms with Crippen molar-refractivity contribution in [2.24, 2.45) is 13.0 Å². The fraction of sp³-hybridized carbons (Fsp3) is 0.296. The molecule has 7 nitrogen and oxygen atoms in total. The van der Waals surface area contributed by atoms with Crippen LogP contribution in [0, 0.1) is 5.92 Å². The molecule has 1 unspecified atom stereocenters. The van der Waals surface area contributed by atoms with Crippen molar-refractivity contribution in [2.75, 3.05) is 23.3 Å². The molecule has 1 fully saturated rings. The van der Waals surface area contributed by atoms with Gasteiger partial charge in [0.25, 0.3) is 5.91 Å². The summed E-state index contributed by atoms with van der Waals surface area (Å²) in [7, 11) is 1.76. The highest BCUT2D eigenvalue weighted by Gasteiger charge is 2.42. The molecule has 41 heavy (non-hydrogen) atoms. The third-order valence-electron chi connectivity index (χ3n) is 7.04. The molecule has 4 aromatic rings. The normalized spacial score (nSPS) is 15.8. The average Bonchev–Trinajstić information content (AvgIpc) is 3.23. The Balaban J connectivity index is 1.39. The van der Waals surface area contributed by atoms with Gasteiger partial charge in [-0.05, 0) is 42.7 Å². The Labute approximate surface area is 253 Å². The van der Waals surface area contributed by atoms with E-state index in [-0.39, 0.29) is 35.1 Å². The van der Waals surface area contributed by atoms with Gasteiger partial charge >= 0.3 is 6.18 Å². The zero-order valence-electron chi connectivity index (χ0n) is 21.5. The SMILES string of the molecule is Cn1c(Nc2c(Cl)ccc(CNC(=O)c3ccncc3Cl)c2Cl)nc2cc(Cl)c(N3CCCC(C(F)(F)F)C3)cc21. The molecule has 1 saturated heterocycles. The van der Waals surface area contributed by atoms with Gasteiger partial charge in [0.2, 0.25) is 5.95 Å². The van der Waals surface area contributed by atoms with Crippen LogP contribution in [-0.4, -0.2) is 39.7 Å². The second-order valence-corrected chi connectivity index (χ2v) is 11.3. The second kappa shape index (κ2) is 11.8. The monoisotopic (exact) mass is 644 g/mol. The Morgan fingerprint density at radius 1 is 1.10 bits per heavy atom. The summed E-state index contributed by atoms with van der Waals surface area (Å²) in [4.78, 5) is 22.7. The van der Waals surface area contributed by atoms with E-state index in [0.29, 0.717) is 56.9 Å². The number of aromatic nitrogens is 3. The van der Waals surface area contributed by atoms with E-state index in [9.17, 15) is 18.0 Å². The summed E-state index contributed by atoms with van der Waals surface area (Å²) in [6.45, 7) is 0.417. The van der Waals surface area contributed by atoms with E-state index in [1.54, 1.807) is 40.8 Å². The number of halogens is 7. The lowest BCUT2D eigenvalue weighted by atomic mass is 9.97. The van der Waals surface area contributed by atoms with Gasteiger partial charge in [-0.15, -0.1) is 0 Å². The minimum atomic E-state index is -4.26.